The molecule has 2 heterocycles. The number of hydrazine groups is 1. The molecule has 0 saturated carbocycles. The van der Waals surface area contributed by atoms with Crippen LogP contribution >= 0.6 is 0 Å². The molecule has 2 rings (SSSR count). The Morgan fingerprint density at radius 3 is 2.21 bits per heavy atom. The number of rotatable bonds is 4. The van der Waals surface area contributed by atoms with Crippen molar-refractivity contribution in [3.63, 3.8) is 0 Å². The molecule has 1 aromatic rings. The van der Waals surface area contributed by atoms with Gasteiger partial charge in [0.25, 0.3) is 0 Å². The number of aromatic nitrogens is 2. The van der Waals surface area contributed by atoms with Crippen molar-refractivity contribution >= 4 is 11.6 Å². The van der Waals surface area contributed by atoms with Crippen molar-refractivity contribution in [1.29, 1.82) is 0 Å². The van der Waals surface area contributed by atoms with Crippen LogP contribution in [0.25, 0.3) is 0 Å². The molecule has 19 heavy (non-hydrogen) atoms. The molecule has 1 fully saturated rings. The fourth-order valence-electron chi connectivity index (χ4n) is 2.43. The monoisotopic (exact) mass is 267 g/mol. The number of nitrogens with one attached hydrogen (secondary N) is 1. The number of nitrogens with two attached hydrogens (primary N) is 1. The molecule has 2 unspecified atom stereocenters. The lowest BCUT2D eigenvalue weighted by Gasteiger charge is -2.20. The van der Waals surface area contributed by atoms with E-state index in [1.165, 1.54) is 0 Å². The first kappa shape index (κ1) is 14.0. The minimum atomic E-state index is 0.0500. The van der Waals surface area contributed by atoms with Gasteiger partial charge in [0.2, 0.25) is 0 Å². The quantitative estimate of drug-likeness (QED) is 0.596. The number of ether oxygens (including phenoxy) is 2. The van der Waals surface area contributed by atoms with Crippen molar-refractivity contribution in [1.82, 2.24) is 9.97 Å². The smallest absolute Gasteiger partial charge is 0.148 e. The number of methoxy groups -OCH3 is 2. The fraction of sp³-hybridized carbons (Fsp3) is 0.667. The van der Waals surface area contributed by atoms with Gasteiger partial charge < -0.3 is 19.8 Å². The molecule has 2 atom stereocenters. The Labute approximate surface area is 113 Å². The van der Waals surface area contributed by atoms with Crippen LogP contribution in [0.2, 0.25) is 0 Å². The third-order valence-electron chi connectivity index (χ3n) is 3.49. The summed E-state index contributed by atoms with van der Waals surface area (Å²) in [6.45, 7) is 5.29. The molecule has 1 aromatic heterocycles. The van der Waals surface area contributed by atoms with Crippen LogP contribution in [0.1, 0.15) is 11.4 Å². The fourth-order valence-corrected chi connectivity index (χ4v) is 2.43. The summed E-state index contributed by atoms with van der Waals surface area (Å²) in [5.41, 5.74) is 3.54. The molecule has 0 aromatic carbocycles. The van der Waals surface area contributed by atoms with Gasteiger partial charge in [-0.1, -0.05) is 0 Å². The van der Waals surface area contributed by atoms with E-state index in [1.807, 2.05) is 13.8 Å². The number of anilines is 2. The van der Waals surface area contributed by atoms with Crippen molar-refractivity contribution in [2.24, 2.45) is 5.84 Å². The van der Waals surface area contributed by atoms with Gasteiger partial charge in [-0.2, -0.15) is 0 Å². The van der Waals surface area contributed by atoms with Crippen molar-refractivity contribution in [2.45, 2.75) is 26.1 Å². The normalized spacial score (nSPS) is 22.9. The highest BCUT2D eigenvalue weighted by Crippen LogP contribution is 2.27. The highest BCUT2D eigenvalue weighted by atomic mass is 16.5. The molecule has 7 nitrogen and oxygen atoms in total. The van der Waals surface area contributed by atoms with E-state index in [0.29, 0.717) is 11.6 Å². The second-order valence-corrected chi connectivity index (χ2v) is 4.67. The summed E-state index contributed by atoms with van der Waals surface area (Å²) >= 11 is 0. The molecule has 1 aliphatic heterocycles. The lowest BCUT2D eigenvalue weighted by Crippen LogP contribution is -2.27. The summed E-state index contributed by atoms with van der Waals surface area (Å²) in [6.07, 6.45) is 0.0999. The minimum absolute atomic E-state index is 0.0500. The zero-order valence-corrected chi connectivity index (χ0v) is 11.8. The van der Waals surface area contributed by atoms with E-state index < -0.39 is 0 Å². The van der Waals surface area contributed by atoms with Gasteiger partial charge in [-0.3, -0.25) is 0 Å². The molecule has 0 spiro atoms. The maximum Gasteiger partial charge on any atom is 0.148 e. The molecular formula is C12H21N5O2. The van der Waals surface area contributed by atoms with Gasteiger partial charge in [0, 0.05) is 32.9 Å². The Bertz CT molecular complexity index is 442. The first-order valence-electron chi connectivity index (χ1n) is 6.23. The Morgan fingerprint density at radius 1 is 1.16 bits per heavy atom. The van der Waals surface area contributed by atoms with Crippen LogP contribution in [0, 0.1) is 13.8 Å². The van der Waals surface area contributed by atoms with E-state index in [9.17, 15) is 0 Å². The van der Waals surface area contributed by atoms with Gasteiger partial charge in [-0.15, -0.1) is 0 Å². The molecule has 0 amide bonds. The predicted octanol–water partition coefficient (Wildman–Crippen LogP) is 0.229. The van der Waals surface area contributed by atoms with E-state index in [4.69, 9.17) is 15.3 Å². The zero-order chi connectivity index (χ0) is 14.0. The van der Waals surface area contributed by atoms with Gasteiger partial charge in [0.05, 0.1) is 0 Å². The second kappa shape index (κ2) is 5.68. The first-order chi connectivity index (χ1) is 9.10. The minimum Gasteiger partial charge on any atom is -0.377 e. The van der Waals surface area contributed by atoms with Crippen LogP contribution in [0.15, 0.2) is 0 Å². The van der Waals surface area contributed by atoms with Gasteiger partial charge in [0.15, 0.2) is 0 Å². The molecule has 7 heteroatoms. The molecule has 1 aliphatic rings. The number of aryl methyl sites for hydroxylation is 1. The molecule has 0 bridgehead atoms. The maximum absolute atomic E-state index is 5.49. The van der Waals surface area contributed by atoms with Crippen LogP contribution in [0.3, 0.4) is 0 Å². The molecular weight excluding hydrogens is 246 g/mol. The van der Waals surface area contributed by atoms with Crippen LogP contribution in [0.5, 0.6) is 0 Å². The lowest BCUT2D eigenvalue weighted by molar-refractivity contribution is -0.00461. The standard InChI is InChI=1S/C12H21N5O2/c1-7-11(16-13)14-8(2)15-12(7)17-5-9(18-3)10(6-17)19-4/h9-10H,5-6,13H2,1-4H3,(H,14,15,16). The highest BCUT2D eigenvalue weighted by Gasteiger charge is 2.34. The van der Waals surface area contributed by atoms with Crippen LogP contribution < -0.4 is 16.2 Å². The van der Waals surface area contributed by atoms with Gasteiger partial charge >= 0.3 is 0 Å². The lowest BCUT2D eigenvalue weighted by atomic mass is 10.3. The summed E-state index contributed by atoms with van der Waals surface area (Å²) in [6, 6.07) is 0. The van der Waals surface area contributed by atoms with Crippen LogP contribution in [0.4, 0.5) is 11.6 Å². The molecule has 1 saturated heterocycles. The van der Waals surface area contributed by atoms with E-state index in [2.05, 4.69) is 20.3 Å². The summed E-state index contributed by atoms with van der Waals surface area (Å²) in [7, 11) is 3.40. The third-order valence-corrected chi connectivity index (χ3v) is 3.49. The number of hydrogen-bond donors (Lipinski definition) is 2. The largest absolute Gasteiger partial charge is 0.377 e. The van der Waals surface area contributed by atoms with E-state index in [-0.39, 0.29) is 12.2 Å². The number of hydrogen-bond acceptors (Lipinski definition) is 7. The van der Waals surface area contributed by atoms with Gasteiger partial charge in [-0.05, 0) is 13.8 Å². The summed E-state index contributed by atoms with van der Waals surface area (Å²) < 4.78 is 10.9. The van der Waals surface area contributed by atoms with Crippen LogP contribution in [-0.4, -0.2) is 49.5 Å². The maximum atomic E-state index is 5.49. The Kier molecular flexibility index (Phi) is 4.18. The second-order valence-electron chi connectivity index (χ2n) is 4.67. The summed E-state index contributed by atoms with van der Waals surface area (Å²) in [5.74, 6) is 7.70. The Morgan fingerprint density at radius 2 is 1.74 bits per heavy atom. The molecule has 0 radical (unpaired) electrons. The van der Waals surface area contributed by atoms with Crippen LogP contribution in [-0.2, 0) is 9.47 Å². The van der Waals surface area contributed by atoms with E-state index in [1.54, 1.807) is 14.2 Å². The zero-order valence-electron chi connectivity index (χ0n) is 11.8. The third kappa shape index (κ3) is 2.63. The van der Waals surface area contributed by atoms with Gasteiger partial charge in [-0.25, -0.2) is 15.8 Å². The van der Waals surface area contributed by atoms with E-state index in [0.717, 1.165) is 24.5 Å². The van der Waals surface area contributed by atoms with Crippen molar-refractivity contribution in [2.75, 3.05) is 37.6 Å². The first-order valence-corrected chi connectivity index (χ1v) is 6.23. The SMILES string of the molecule is COC1CN(c2nc(C)nc(NN)c2C)CC1OC. The number of nitrogens with zero attached hydrogens (tertiary/aromatic N) is 3. The summed E-state index contributed by atoms with van der Waals surface area (Å²) in [4.78, 5) is 10.9. The number of nitrogen functional groups attached to an aromatic ring is 1. The van der Waals surface area contributed by atoms with E-state index >= 15 is 0 Å². The molecule has 3 N–H and O–H groups in total. The summed E-state index contributed by atoms with van der Waals surface area (Å²) in [5, 5.41) is 0. The Hall–Kier alpha value is -1.44. The molecule has 0 aliphatic carbocycles. The topological polar surface area (TPSA) is 85.5 Å². The highest BCUT2D eigenvalue weighted by molar-refractivity contribution is 5.58. The average Bonchev–Trinajstić information content (AvgIpc) is 2.83. The molecule has 106 valence electrons. The van der Waals surface area contributed by atoms with Crippen molar-refractivity contribution in [3.05, 3.63) is 11.4 Å². The van der Waals surface area contributed by atoms with Crippen molar-refractivity contribution < 1.29 is 9.47 Å². The van der Waals surface area contributed by atoms with Crippen molar-refractivity contribution in [3.8, 4) is 0 Å². The Balaban J connectivity index is 2.30. The van der Waals surface area contributed by atoms with Gasteiger partial charge in [0.1, 0.15) is 29.7 Å². The average molecular weight is 267 g/mol. The predicted molar refractivity (Wildman–Crippen MR) is 73.1 cm³/mol.